The first kappa shape index (κ1) is 24.4. The number of aromatic nitrogens is 3. The van der Waals surface area contributed by atoms with E-state index in [9.17, 15) is 14.3 Å². The molecule has 2 N–H and O–H groups in total. The van der Waals surface area contributed by atoms with E-state index in [4.69, 9.17) is 16.3 Å². The fraction of sp³-hybridized carbons (Fsp3) is 0.107. The van der Waals surface area contributed by atoms with Crippen molar-refractivity contribution < 1.29 is 19.0 Å². The Morgan fingerprint density at radius 1 is 1.08 bits per heavy atom. The van der Waals surface area contributed by atoms with E-state index in [1.165, 1.54) is 18.5 Å². The fourth-order valence-corrected chi connectivity index (χ4v) is 4.26. The van der Waals surface area contributed by atoms with E-state index in [1.807, 2.05) is 35.0 Å². The molecule has 2 heterocycles. The van der Waals surface area contributed by atoms with Crippen molar-refractivity contribution in [2.75, 3.05) is 11.9 Å². The molecule has 0 atom stereocenters. The number of aldehydes is 1. The maximum atomic E-state index is 13.4. The topological polar surface area (TPSA) is 89.3 Å². The van der Waals surface area contributed by atoms with Crippen LogP contribution >= 0.6 is 11.6 Å². The molecule has 0 bridgehead atoms. The molecule has 0 amide bonds. The Balaban J connectivity index is 1.39. The predicted octanol–water partition coefficient (Wildman–Crippen LogP) is 5.88. The van der Waals surface area contributed by atoms with Crippen LogP contribution in [0.15, 0.2) is 79.4 Å². The molecular weight excluding hydrogens is 495 g/mol. The smallest absolute Gasteiger partial charge is 0.151 e. The summed E-state index contributed by atoms with van der Waals surface area (Å²) in [7, 11) is 0. The number of hydrogen-bond donors (Lipinski definition) is 2. The van der Waals surface area contributed by atoms with Crippen LogP contribution < -0.4 is 10.1 Å². The van der Waals surface area contributed by atoms with Crippen molar-refractivity contribution in [1.82, 2.24) is 14.5 Å². The maximum Gasteiger partial charge on any atom is 0.151 e. The Morgan fingerprint density at radius 2 is 1.97 bits per heavy atom. The van der Waals surface area contributed by atoms with Crippen molar-refractivity contribution in [1.29, 1.82) is 0 Å². The molecule has 5 aromatic rings. The summed E-state index contributed by atoms with van der Waals surface area (Å²) in [5.41, 5.74) is 4.26. The van der Waals surface area contributed by atoms with Gasteiger partial charge in [-0.3, -0.25) is 4.79 Å². The van der Waals surface area contributed by atoms with E-state index in [2.05, 4.69) is 15.3 Å². The van der Waals surface area contributed by atoms with E-state index < -0.39 is 0 Å². The molecule has 0 unspecified atom stereocenters. The number of aliphatic hydroxyl groups excluding tert-OH is 1. The number of nitrogens with zero attached hydrogens (tertiary/aromatic N) is 3. The number of benzene rings is 3. The maximum absolute atomic E-state index is 13.4. The van der Waals surface area contributed by atoms with E-state index in [0.717, 1.165) is 28.4 Å². The first-order valence-electron chi connectivity index (χ1n) is 11.5. The Bertz CT molecular complexity index is 1590. The van der Waals surface area contributed by atoms with Crippen molar-refractivity contribution in [3.05, 3.63) is 107 Å². The van der Waals surface area contributed by atoms with Crippen LogP contribution in [0.2, 0.25) is 5.02 Å². The lowest BCUT2D eigenvalue weighted by Gasteiger charge is -2.12. The van der Waals surface area contributed by atoms with Crippen molar-refractivity contribution >= 4 is 40.3 Å². The lowest BCUT2D eigenvalue weighted by Crippen LogP contribution is -1.99. The zero-order chi connectivity index (χ0) is 25.8. The van der Waals surface area contributed by atoms with Crippen molar-refractivity contribution in [3.63, 3.8) is 0 Å². The van der Waals surface area contributed by atoms with Gasteiger partial charge >= 0.3 is 0 Å². The van der Waals surface area contributed by atoms with Gasteiger partial charge in [-0.25, -0.2) is 14.4 Å². The Labute approximate surface area is 217 Å². The number of carbonyl (C=O) groups is 1. The van der Waals surface area contributed by atoms with E-state index in [-0.39, 0.29) is 19.0 Å². The molecule has 0 radical (unpaired) electrons. The van der Waals surface area contributed by atoms with Crippen LogP contribution in [0.3, 0.4) is 0 Å². The molecule has 0 aliphatic heterocycles. The van der Waals surface area contributed by atoms with E-state index >= 15 is 0 Å². The van der Waals surface area contributed by atoms with Gasteiger partial charge in [0.25, 0.3) is 0 Å². The summed E-state index contributed by atoms with van der Waals surface area (Å²) in [6, 6.07) is 17.2. The van der Waals surface area contributed by atoms with Gasteiger partial charge in [0.1, 0.15) is 30.3 Å². The van der Waals surface area contributed by atoms with Gasteiger partial charge in [0, 0.05) is 41.3 Å². The summed E-state index contributed by atoms with van der Waals surface area (Å²) in [6.07, 6.45) is 6.22. The molecule has 0 spiro atoms. The van der Waals surface area contributed by atoms with Gasteiger partial charge in [-0.15, -0.1) is 0 Å². The Kier molecular flexibility index (Phi) is 7.11. The highest BCUT2D eigenvalue weighted by Crippen LogP contribution is 2.31. The highest BCUT2D eigenvalue weighted by molar-refractivity contribution is 6.32. The minimum atomic E-state index is -0.321. The SMILES string of the molecule is O=Cc1cn(-c2ccc3ncnc(Nc4ccc(OCc5cccc(F)c5)c(Cl)c4)c3c2)cc1CCO. The molecule has 186 valence electrons. The fourth-order valence-electron chi connectivity index (χ4n) is 4.02. The zero-order valence-electron chi connectivity index (χ0n) is 19.6. The molecule has 37 heavy (non-hydrogen) atoms. The number of anilines is 2. The van der Waals surface area contributed by atoms with Crippen LogP contribution in [0, 0.1) is 5.82 Å². The molecule has 0 saturated carbocycles. The highest BCUT2D eigenvalue weighted by atomic mass is 35.5. The third-order valence-corrected chi connectivity index (χ3v) is 6.14. The minimum absolute atomic E-state index is 0.0400. The Hall–Kier alpha value is -4.27. The number of carbonyl (C=O) groups excluding carboxylic acids is 1. The number of hydrogen-bond acceptors (Lipinski definition) is 6. The average molecular weight is 517 g/mol. The summed E-state index contributed by atoms with van der Waals surface area (Å²) in [5.74, 6) is 0.733. The molecule has 0 fully saturated rings. The van der Waals surface area contributed by atoms with Crippen LogP contribution in [0.1, 0.15) is 21.5 Å². The molecular formula is C28H22ClFN4O3. The summed E-state index contributed by atoms with van der Waals surface area (Å²) in [6.45, 7) is 0.149. The van der Waals surface area contributed by atoms with Crippen molar-refractivity contribution in [2.45, 2.75) is 13.0 Å². The lowest BCUT2D eigenvalue weighted by molar-refractivity contribution is 0.112. The number of rotatable bonds is 9. The number of aliphatic hydroxyl groups is 1. The van der Waals surface area contributed by atoms with Gasteiger partial charge in [-0.1, -0.05) is 23.7 Å². The Morgan fingerprint density at radius 3 is 2.76 bits per heavy atom. The first-order chi connectivity index (χ1) is 18.0. The third kappa shape index (κ3) is 5.45. The molecule has 0 aliphatic carbocycles. The molecule has 9 heteroatoms. The van der Waals surface area contributed by atoms with Crippen LogP contribution in [-0.2, 0) is 13.0 Å². The standard InChI is InChI=1S/C28H22ClFN4O3/c29-25-11-22(4-7-27(25)37-16-18-2-1-3-21(30)10-18)33-28-24-12-23(5-6-26(24)31-17-32-28)34-13-19(8-9-35)20(14-34)15-36/h1-7,10-15,17,35H,8-9,16H2,(H,31,32,33). The number of halogens is 2. The normalized spacial score (nSPS) is 11.0. The summed E-state index contributed by atoms with van der Waals surface area (Å²) in [4.78, 5) is 20.2. The summed E-state index contributed by atoms with van der Waals surface area (Å²) >= 11 is 6.45. The van der Waals surface area contributed by atoms with Gasteiger partial charge in [-0.2, -0.15) is 0 Å². The second kappa shape index (κ2) is 10.8. The van der Waals surface area contributed by atoms with Gasteiger partial charge < -0.3 is 19.7 Å². The highest BCUT2D eigenvalue weighted by Gasteiger charge is 2.11. The largest absolute Gasteiger partial charge is 0.487 e. The first-order valence-corrected chi connectivity index (χ1v) is 11.9. The van der Waals surface area contributed by atoms with Gasteiger partial charge in [0.2, 0.25) is 0 Å². The summed E-state index contributed by atoms with van der Waals surface area (Å²) in [5, 5.41) is 13.7. The molecule has 3 aromatic carbocycles. The van der Waals surface area contributed by atoms with Gasteiger partial charge in [-0.05, 0) is 66.1 Å². The number of ether oxygens (including phenoxy) is 1. The van der Waals surface area contributed by atoms with Crippen LogP contribution in [-0.4, -0.2) is 32.5 Å². The number of nitrogens with one attached hydrogen (secondary N) is 1. The molecule has 0 aliphatic rings. The lowest BCUT2D eigenvalue weighted by atomic mass is 10.2. The minimum Gasteiger partial charge on any atom is -0.487 e. The number of fused-ring (bicyclic) bond motifs is 1. The average Bonchev–Trinajstić information content (AvgIpc) is 3.31. The van der Waals surface area contributed by atoms with Crippen LogP contribution in [0.25, 0.3) is 16.6 Å². The van der Waals surface area contributed by atoms with Crippen LogP contribution in [0.4, 0.5) is 15.9 Å². The molecule has 0 saturated heterocycles. The summed E-state index contributed by atoms with van der Waals surface area (Å²) < 4.78 is 21.0. The van der Waals surface area contributed by atoms with Crippen molar-refractivity contribution in [2.24, 2.45) is 0 Å². The van der Waals surface area contributed by atoms with Crippen LogP contribution in [0.5, 0.6) is 5.75 Å². The second-order valence-corrected chi connectivity index (χ2v) is 8.76. The third-order valence-electron chi connectivity index (χ3n) is 5.85. The van der Waals surface area contributed by atoms with E-state index in [0.29, 0.717) is 39.8 Å². The van der Waals surface area contributed by atoms with Gasteiger partial charge in [0.15, 0.2) is 6.29 Å². The molecule has 7 nitrogen and oxygen atoms in total. The quantitative estimate of drug-likeness (QED) is 0.238. The molecule has 2 aromatic heterocycles. The van der Waals surface area contributed by atoms with E-state index in [1.54, 1.807) is 30.5 Å². The molecule has 5 rings (SSSR count). The monoisotopic (exact) mass is 516 g/mol. The second-order valence-electron chi connectivity index (χ2n) is 8.35. The predicted molar refractivity (Wildman–Crippen MR) is 141 cm³/mol. The van der Waals surface area contributed by atoms with Crippen molar-refractivity contribution in [3.8, 4) is 11.4 Å². The zero-order valence-corrected chi connectivity index (χ0v) is 20.3. The van der Waals surface area contributed by atoms with Gasteiger partial charge in [0.05, 0.1) is 10.5 Å².